The van der Waals surface area contributed by atoms with Crippen LogP contribution in [0.25, 0.3) is 0 Å². The van der Waals surface area contributed by atoms with Crippen LogP contribution < -0.4 is 11.5 Å². The van der Waals surface area contributed by atoms with Crippen molar-refractivity contribution in [1.82, 2.24) is 4.90 Å². The third-order valence-corrected chi connectivity index (χ3v) is 2.09. The van der Waals surface area contributed by atoms with Gasteiger partial charge in [0.05, 0.1) is 0 Å². The maximum absolute atomic E-state index is 11.5. The molecule has 0 saturated carbocycles. The van der Waals surface area contributed by atoms with Gasteiger partial charge in [0, 0.05) is 25.6 Å². The fraction of sp³-hybridized carbons (Fsp3) is 0.889. The maximum Gasteiger partial charge on any atom is 0.224 e. The van der Waals surface area contributed by atoms with E-state index in [2.05, 4.69) is 0 Å². The van der Waals surface area contributed by atoms with Gasteiger partial charge in [-0.1, -0.05) is 0 Å². The Kier molecular flexibility index (Phi) is 6.54. The van der Waals surface area contributed by atoms with Gasteiger partial charge in [0.25, 0.3) is 0 Å². The quantitative estimate of drug-likeness (QED) is 0.611. The van der Waals surface area contributed by atoms with E-state index in [1.54, 1.807) is 4.90 Å². The zero-order valence-electron chi connectivity index (χ0n) is 8.62. The standard InChI is InChI=1S/C9H21N3O/c1-3-12(4-2)9(13)7-8(11)5-6-10/h8H,3-7,10-11H2,1-2H3. The Morgan fingerprint density at radius 1 is 1.38 bits per heavy atom. The molecule has 0 aromatic rings. The zero-order chi connectivity index (χ0) is 10.3. The second-order valence-electron chi connectivity index (χ2n) is 3.11. The minimum absolute atomic E-state index is 0.0851. The fourth-order valence-electron chi connectivity index (χ4n) is 1.25. The summed E-state index contributed by atoms with van der Waals surface area (Å²) in [6.07, 6.45) is 1.13. The molecular weight excluding hydrogens is 166 g/mol. The summed E-state index contributed by atoms with van der Waals surface area (Å²) < 4.78 is 0. The van der Waals surface area contributed by atoms with Crippen molar-refractivity contribution in [3.8, 4) is 0 Å². The van der Waals surface area contributed by atoms with Crippen LogP contribution in [0.5, 0.6) is 0 Å². The van der Waals surface area contributed by atoms with Crippen molar-refractivity contribution in [2.45, 2.75) is 32.7 Å². The summed E-state index contributed by atoms with van der Waals surface area (Å²) in [6, 6.07) is -0.0851. The molecule has 4 N–H and O–H groups in total. The molecule has 0 heterocycles. The highest BCUT2D eigenvalue weighted by Crippen LogP contribution is 1.99. The van der Waals surface area contributed by atoms with Crippen molar-refractivity contribution in [1.29, 1.82) is 0 Å². The molecule has 0 aliphatic rings. The van der Waals surface area contributed by atoms with E-state index in [1.807, 2.05) is 13.8 Å². The van der Waals surface area contributed by atoms with Crippen LogP contribution in [-0.2, 0) is 4.79 Å². The molecule has 0 aliphatic heterocycles. The molecule has 0 rings (SSSR count). The Hall–Kier alpha value is -0.610. The lowest BCUT2D eigenvalue weighted by molar-refractivity contribution is -0.131. The highest BCUT2D eigenvalue weighted by Gasteiger charge is 2.13. The molecule has 13 heavy (non-hydrogen) atoms. The molecule has 4 nitrogen and oxygen atoms in total. The molecule has 0 aromatic carbocycles. The van der Waals surface area contributed by atoms with Crippen LogP contribution in [-0.4, -0.2) is 36.5 Å². The summed E-state index contributed by atoms with van der Waals surface area (Å²) >= 11 is 0. The Bertz CT molecular complexity index is 146. The highest BCUT2D eigenvalue weighted by atomic mass is 16.2. The van der Waals surface area contributed by atoms with Crippen LogP contribution in [0.2, 0.25) is 0 Å². The van der Waals surface area contributed by atoms with Crippen LogP contribution >= 0.6 is 0 Å². The molecule has 0 fully saturated rings. The minimum atomic E-state index is -0.0851. The van der Waals surface area contributed by atoms with E-state index in [4.69, 9.17) is 11.5 Å². The first-order valence-electron chi connectivity index (χ1n) is 4.89. The summed E-state index contributed by atoms with van der Waals surface area (Å²) in [5, 5.41) is 0. The van der Waals surface area contributed by atoms with Gasteiger partial charge in [0.15, 0.2) is 0 Å². The molecule has 78 valence electrons. The van der Waals surface area contributed by atoms with Crippen molar-refractivity contribution in [2.24, 2.45) is 11.5 Å². The molecule has 0 radical (unpaired) electrons. The molecule has 0 aromatic heterocycles. The maximum atomic E-state index is 11.5. The van der Waals surface area contributed by atoms with Crippen molar-refractivity contribution in [3.63, 3.8) is 0 Å². The largest absolute Gasteiger partial charge is 0.343 e. The normalized spacial score (nSPS) is 12.6. The molecule has 0 aliphatic carbocycles. The van der Waals surface area contributed by atoms with E-state index in [9.17, 15) is 4.79 Å². The summed E-state index contributed by atoms with van der Waals surface area (Å²) in [5.74, 6) is 0.131. The lowest BCUT2D eigenvalue weighted by Gasteiger charge is -2.20. The van der Waals surface area contributed by atoms with E-state index in [-0.39, 0.29) is 11.9 Å². The minimum Gasteiger partial charge on any atom is -0.343 e. The number of carbonyl (C=O) groups is 1. The SMILES string of the molecule is CCN(CC)C(=O)CC(N)CCN. The number of hydrogen-bond donors (Lipinski definition) is 2. The van der Waals surface area contributed by atoms with Crippen molar-refractivity contribution in [2.75, 3.05) is 19.6 Å². The van der Waals surface area contributed by atoms with Crippen LogP contribution in [0.15, 0.2) is 0 Å². The van der Waals surface area contributed by atoms with Gasteiger partial charge in [0.1, 0.15) is 0 Å². The van der Waals surface area contributed by atoms with Crippen LogP contribution in [0.3, 0.4) is 0 Å². The van der Waals surface area contributed by atoms with E-state index in [0.717, 1.165) is 13.1 Å². The predicted molar refractivity (Wildman–Crippen MR) is 54.2 cm³/mol. The van der Waals surface area contributed by atoms with E-state index in [0.29, 0.717) is 19.4 Å². The second kappa shape index (κ2) is 6.86. The average molecular weight is 187 g/mol. The summed E-state index contributed by atoms with van der Waals surface area (Å²) in [4.78, 5) is 13.3. The van der Waals surface area contributed by atoms with Gasteiger partial charge in [-0.05, 0) is 26.8 Å². The Morgan fingerprint density at radius 2 is 1.92 bits per heavy atom. The van der Waals surface area contributed by atoms with Crippen molar-refractivity contribution in [3.05, 3.63) is 0 Å². The summed E-state index contributed by atoms with van der Waals surface area (Å²) in [7, 11) is 0. The van der Waals surface area contributed by atoms with Gasteiger partial charge in [-0.3, -0.25) is 4.79 Å². The van der Waals surface area contributed by atoms with E-state index in [1.165, 1.54) is 0 Å². The summed E-state index contributed by atoms with van der Waals surface area (Å²) in [6.45, 7) is 5.99. The molecule has 1 unspecified atom stereocenters. The number of nitrogens with zero attached hydrogens (tertiary/aromatic N) is 1. The van der Waals surface area contributed by atoms with Gasteiger partial charge in [-0.2, -0.15) is 0 Å². The van der Waals surface area contributed by atoms with Gasteiger partial charge < -0.3 is 16.4 Å². The number of rotatable bonds is 6. The first kappa shape index (κ1) is 12.4. The highest BCUT2D eigenvalue weighted by molar-refractivity contribution is 5.76. The van der Waals surface area contributed by atoms with E-state index < -0.39 is 0 Å². The zero-order valence-corrected chi connectivity index (χ0v) is 8.62. The summed E-state index contributed by atoms with van der Waals surface area (Å²) in [5.41, 5.74) is 11.0. The second-order valence-corrected chi connectivity index (χ2v) is 3.11. The number of amides is 1. The third kappa shape index (κ3) is 4.85. The number of carbonyl (C=O) groups excluding carboxylic acids is 1. The van der Waals surface area contributed by atoms with Crippen molar-refractivity contribution < 1.29 is 4.79 Å². The lowest BCUT2D eigenvalue weighted by Crippen LogP contribution is -2.36. The smallest absolute Gasteiger partial charge is 0.224 e. The van der Waals surface area contributed by atoms with Crippen molar-refractivity contribution >= 4 is 5.91 Å². The molecule has 4 heteroatoms. The van der Waals surface area contributed by atoms with Crippen LogP contribution in [0.4, 0.5) is 0 Å². The van der Waals surface area contributed by atoms with Gasteiger partial charge in [-0.25, -0.2) is 0 Å². The Labute approximate surface area is 80.3 Å². The first-order chi connectivity index (χ1) is 6.15. The molecule has 1 atom stereocenters. The Balaban J connectivity index is 3.83. The molecule has 0 spiro atoms. The molecular formula is C9H21N3O. The van der Waals surface area contributed by atoms with Gasteiger partial charge in [0.2, 0.25) is 5.91 Å². The van der Waals surface area contributed by atoms with Gasteiger partial charge >= 0.3 is 0 Å². The Morgan fingerprint density at radius 3 is 2.31 bits per heavy atom. The van der Waals surface area contributed by atoms with Gasteiger partial charge in [-0.15, -0.1) is 0 Å². The molecule has 0 bridgehead atoms. The first-order valence-corrected chi connectivity index (χ1v) is 4.89. The fourth-order valence-corrected chi connectivity index (χ4v) is 1.25. The lowest BCUT2D eigenvalue weighted by atomic mass is 10.1. The number of nitrogens with two attached hydrogens (primary N) is 2. The van der Waals surface area contributed by atoms with E-state index >= 15 is 0 Å². The third-order valence-electron chi connectivity index (χ3n) is 2.09. The topological polar surface area (TPSA) is 72.3 Å². The predicted octanol–water partition coefficient (Wildman–Crippen LogP) is -0.0790. The van der Waals surface area contributed by atoms with Crippen LogP contribution in [0.1, 0.15) is 26.7 Å². The molecule has 1 amide bonds. The monoisotopic (exact) mass is 187 g/mol. The van der Waals surface area contributed by atoms with Crippen LogP contribution in [0, 0.1) is 0 Å². The average Bonchev–Trinajstić information content (AvgIpc) is 2.06. The molecule has 0 saturated heterocycles. The number of hydrogen-bond acceptors (Lipinski definition) is 3.